The van der Waals surface area contributed by atoms with E-state index in [0.29, 0.717) is 24.5 Å². The first-order chi connectivity index (χ1) is 9.81. The van der Waals surface area contributed by atoms with Gasteiger partial charge in [0.1, 0.15) is 5.60 Å². The first-order valence-corrected chi connectivity index (χ1v) is 7.37. The summed E-state index contributed by atoms with van der Waals surface area (Å²) in [5.41, 5.74) is 6.09. The molecule has 0 spiro atoms. The molecule has 1 aromatic carbocycles. The Morgan fingerprint density at radius 1 is 1.38 bits per heavy atom. The number of rotatable bonds is 6. The fourth-order valence-corrected chi connectivity index (χ4v) is 1.90. The molecule has 0 aromatic heterocycles. The lowest BCUT2D eigenvalue weighted by Gasteiger charge is -2.21. The topological polar surface area (TPSA) is 76.4 Å². The molecule has 1 aromatic rings. The summed E-state index contributed by atoms with van der Waals surface area (Å²) in [6, 6.07) is 7.51. The maximum Gasteiger partial charge on any atom is 0.407 e. The molecule has 1 atom stereocenters. The summed E-state index contributed by atoms with van der Waals surface area (Å²) in [6.45, 7) is 6.41. The minimum absolute atomic E-state index is 0.0276. The number of alkyl carbamates (subject to hydrolysis) is 1. The Balaban J connectivity index is 2.38. The van der Waals surface area contributed by atoms with E-state index < -0.39 is 11.7 Å². The monoisotopic (exact) mass is 313 g/mol. The maximum absolute atomic E-state index is 11.5. The number of anilines is 1. The second-order valence-electron chi connectivity index (χ2n) is 5.77. The molecule has 0 aliphatic rings. The highest BCUT2D eigenvalue weighted by molar-refractivity contribution is 6.33. The van der Waals surface area contributed by atoms with Crippen molar-refractivity contribution in [3.8, 4) is 0 Å². The number of hydrogen-bond donors (Lipinski definition) is 3. The second-order valence-corrected chi connectivity index (χ2v) is 6.18. The van der Waals surface area contributed by atoms with Crippen LogP contribution in [0.25, 0.3) is 0 Å². The smallest absolute Gasteiger partial charge is 0.407 e. The van der Waals surface area contributed by atoms with Crippen molar-refractivity contribution in [3.63, 3.8) is 0 Å². The minimum Gasteiger partial charge on any atom is -0.444 e. The van der Waals surface area contributed by atoms with Gasteiger partial charge in [0.2, 0.25) is 0 Å². The van der Waals surface area contributed by atoms with Crippen LogP contribution in [0.4, 0.5) is 10.5 Å². The van der Waals surface area contributed by atoms with Crippen LogP contribution in [0.2, 0.25) is 5.02 Å². The van der Waals surface area contributed by atoms with Gasteiger partial charge in [0.15, 0.2) is 0 Å². The maximum atomic E-state index is 11.5. The van der Waals surface area contributed by atoms with Gasteiger partial charge in [-0.25, -0.2) is 4.79 Å². The fourth-order valence-electron chi connectivity index (χ4n) is 1.71. The van der Waals surface area contributed by atoms with Gasteiger partial charge < -0.3 is 21.1 Å². The van der Waals surface area contributed by atoms with Gasteiger partial charge in [-0.05, 0) is 39.3 Å². The van der Waals surface area contributed by atoms with Crippen molar-refractivity contribution in [1.82, 2.24) is 5.32 Å². The Labute approximate surface area is 131 Å². The van der Waals surface area contributed by atoms with E-state index in [9.17, 15) is 4.79 Å². The van der Waals surface area contributed by atoms with Crippen molar-refractivity contribution in [2.24, 2.45) is 5.73 Å². The number of carbonyl (C=O) groups excluding carboxylic acids is 1. The van der Waals surface area contributed by atoms with Crippen molar-refractivity contribution < 1.29 is 9.53 Å². The van der Waals surface area contributed by atoms with Crippen LogP contribution in [0.3, 0.4) is 0 Å². The van der Waals surface area contributed by atoms with Crippen LogP contribution in [-0.4, -0.2) is 30.8 Å². The van der Waals surface area contributed by atoms with E-state index in [2.05, 4.69) is 10.6 Å². The van der Waals surface area contributed by atoms with Gasteiger partial charge in [-0.2, -0.15) is 0 Å². The Hall–Kier alpha value is -1.46. The number of hydrogen-bond acceptors (Lipinski definition) is 4. The standard InChI is InChI=1S/C15H24ClN3O2/c1-15(2,3)21-14(20)18-9-8-11(10-17)19-13-7-5-4-6-12(13)16/h4-7,11,19H,8-10,17H2,1-3H3,(H,18,20). The predicted molar refractivity (Wildman–Crippen MR) is 86.8 cm³/mol. The second kappa shape index (κ2) is 8.10. The number of benzene rings is 1. The zero-order valence-electron chi connectivity index (χ0n) is 12.8. The lowest BCUT2D eigenvalue weighted by molar-refractivity contribution is 0.0527. The largest absolute Gasteiger partial charge is 0.444 e. The van der Waals surface area contributed by atoms with Gasteiger partial charge in [0.25, 0.3) is 0 Å². The molecular formula is C15H24ClN3O2. The van der Waals surface area contributed by atoms with Gasteiger partial charge >= 0.3 is 6.09 Å². The van der Waals surface area contributed by atoms with E-state index in [4.69, 9.17) is 22.1 Å². The molecule has 0 saturated carbocycles. The first-order valence-electron chi connectivity index (χ1n) is 7.00. The predicted octanol–water partition coefficient (Wildman–Crippen LogP) is 2.99. The third kappa shape index (κ3) is 7.20. The number of ether oxygens (including phenoxy) is 1. The van der Waals surface area contributed by atoms with Crippen LogP contribution in [0.1, 0.15) is 27.2 Å². The zero-order chi connectivity index (χ0) is 15.9. The minimum atomic E-state index is -0.493. The molecule has 6 heteroatoms. The highest BCUT2D eigenvalue weighted by Crippen LogP contribution is 2.21. The van der Waals surface area contributed by atoms with Crippen LogP contribution in [0.5, 0.6) is 0 Å². The molecule has 0 heterocycles. The summed E-state index contributed by atoms with van der Waals surface area (Å²) < 4.78 is 5.17. The number of carbonyl (C=O) groups is 1. The van der Waals surface area contributed by atoms with E-state index in [0.717, 1.165) is 5.69 Å². The third-order valence-electron chi connectivity index (χ3n) is 2.68. The van der Waals surface area contributed by atoms with Crippen LogP contribution < -0.4 is 16.4 Å². The summed E-state index contributed by atoms with van der Waals surface area (Å²) in [6.07, 6.45) is 0.261. The normalized spacial score (nSPS) is 12.6. The summed E-state index contributed by atoms with van der Waals surface area (Å²) in [5.74, 6) is 0. The Bertz CT molecular complexity index is 460. The first kappa shape index (κ1) is 17.6. The highest BCUT2D eigenvalue weighted by Gasteiger charge is 2.16. The van der Waals surface area contributed by atoms with Crippen molar-refractivity contribution in [1.29, 1.82) is 0 Å². The van der Waals surface area contributed by atoms with Crippen molar-refractivity contribution >= 4 is 23.4 Å². The Morgan fingerprint density at radius 3 is 2.62 bits per heavy atom. The molecule has 5 nitrogen and oxygen atoms in total. The van der Waals surface area contributed by atoms with Crippen molar-refractivity contribution in [2.45, 2.75) is 38.8 Å². The Morgan fingerprint density at radius 2 is 2.05 bits per heavy atom. The van der Waals surface area contributed by atoms with Gasteiger partial charge in [-0.15, -0.1) is 0 Å². The highest BCUT2D eigenvalue weighted by atomic mass is 35.5. The number of para-hydroxylation sites is 1. The van der Waals surface area contributed by atoms with Crippen LogP contribution in [0, 0.1) is 0 Å². The Kier molecular flexibility index (Phi) is 6.78. The van der Waals surface area contributed by atoms with E-state index >= 15 is 0 Å². The van der Waals surface area contributed by atoms with Gasteiger partial charge in [-0.1, -0.05) is 23.7 Å². The molecule has 4 N–H and O–H groups in total. The summed E-state index contributed by atoms with van der Waals surface area (Å²) >= 11 is 6.09. The van der Waals surface area contributed by atoms with Crippen LogP contribution >= 0.6 is 11.6 Å². The number of nitrogens with one attached hydrogen (secondary N) is 2. The molecule has 0 bridgehead atoms. The molecule has 118 valence electrons. The average molecular weight is 314 g/mol. The lowest BCUT2D eigenvalue weighted by Crippen LogP contribution is -2.37. The molecular weight excluding hydrogens is 290 g/mol. The van der Waals surface area contributed by atoms with Gasteiger partial charge in [0.05, 0.1) is 10.7 Å². The third-order valence-corrected chi connectivity index (χ3v) is 3.01. The van der Waals surface area contributed by atoms with Crippen LogP contribution in [0.15, 0.2) is 24.3 Å². The molecule has 0 aliphatic heterocycles. The molecule has 0 fully saturated rings. The van der Waals surface area contributed by atoms with Crippen LogP contribution in [-0.2, 0) is 4.74 Å². The molecule has 0 radical (unpaired) electrons. The number of nitrogens with two attached hydrogens (primary N) is 1. The van der Waals surface area contributed by atoms with Gasteiger partial charge in [0, 0.05) is 19.1 Å². The van der Waals surface area contributed by atoms with E-state index in [1.54, 1.807) is 0 Å². The molecule has 21 heavy (non-hydrogen) atoms. The summed E-state index contributed by atoms with van der Waals surface area (Å²) in [7, 11) is 0. The average Bonchev–Trinajstić information content (AvgIpc) is 2.37. The fraction of sp³-hybridized carbons (Fsp3) is 0.533. The van der Waals surface area contributed by atoms with E-state index in [1.807, 2.05) is 45.0 Å². The SMILES string of the molecule is CC(C)(C)OC(=O)NCCC(CN)Nc1ccccc1Cl. The molecule has 0 saturated heterocycles. The lowest BCUT2D eigenvalue weighted by atomic mass is 10.2. The quantitative estimate of drug-likeness (QED) is 0.754. The number of amides is 1. The number of halogens is 1. The molecule has 1 rings (SSSR count). The van der Waals surface area contributed by atoms with Crippen molar-refractivity contribution in [3.05, 3.63) is 29.3 Å². The zero-order valence-corrected chi connectivity index (χ0v) is 13.5. The summed E-state index contributed by atoms with van der Waals surface area (Å²) in [4.78, 5) is 11.5. The van der Waals surface area contributed by atoms with Gasteiger partial charge in [-0.3, -0.25) is 0 Å². The molecule has 1 unspecified atom stereocenters. The summed E-state index contributed by atoms with van der Waals surface area (Å²) in [5, 5.41) is 6.63. The van der Waals surface area contributed by atoms with Crippen molar-refractivity contribution in [2.75, 3.05) is 18.4 Å². The van der Waals surface area contributed by atoms with E-state index in [1.165, 1.54) is 0 Å². The molecule has 1 amide bonds. The van der Waals surface area contributed by atoms with E-state index in [-0.39, 0.29) is 6.04 Å². The molecule has 0 aliphatic carbocycles.